The number of carbonyl (C=O) groups is 1. The molecule has 9 nitrogen and oxygen atoms in total. The van der Waals surface area contributed by atoms with Crippen LogP contribution in [-0.4, -0.2) is 67.5 Å². The maximum atomic E-state index is 8.36. The molecule has 0 spiro atoms. The van der Waals surface area contributed by atoms with Gasteiger partial charge in [0.2, 0.25) is 0 Å². The Bertz CT molecular complexity index is 925. The van der Waals surface area contributed by atoms with Gasteiger partial charge >= 0.3 is 0 Å². The van der Waals surface area contributed by atoms with Crippen LogP contribution in [0.1, 0.15) is 31.4 Å². The summed E-state index contributed by atoms with van der Waals surface area (Å²) >= 11 is 0. The van der Waals surface area contributed by atoms with E-state index in [1.165, 1.54) is 19.4 Å². The van der Waals surface area contributed by atoms with Gasteiger partial charge in [-0.2, -0.15) is 5.10 Å². The summed E-state index contributed by atoms with van der Waals surface area (Å²) in [6.45, 7) is 5.98. The number of piperidine rings is 1. The molecule has 0 saturated carbocycles. The van der Waals surface area contributed by atoms with E-state index < -0.39 is 0 Å². The molecule has 4 rings (SSSR count). The molecular formula is C21H28N6O3. The van der Waals surface area contributed by atoms with Gasteiger partial charge in [-0.1, -0.05) is 6.92 Å². The lowest BCUT2D eigenvalue weighted by Gasteiger charge is -2.33. The summed E-state index contributed by atoms with van der Waals surface area (Å²) in [7, 11) is 1.70. The average molecular weight is 412 g/mol. The van der Waals surface area contributed by atoms with Crippen molar-refractivity contribution in [3.05, 3.63) is 48.8 Å². The number of hydrogen-bond donors (Lipinski definition) is 1. The zero-order valence-electron chi connectivity index (χ0n) is 17.4. The maximum Gasteiger partial charge on any atom is 0.290 e. The molecule has 3 heterocycles. The number of rotatable bonds is 6. The fraction of sp³-hybridized carbons (Fsp3) is 0.429. The summed E-state index contributed by atoms with van der Waals surface area (Å²) in [4.78, 5) is 19.6. The quantitative estimate of drug-likeness (QED) is 0.621. The number of likely N-dealkylation sites (N-methyl/N-ethyl adjacent to an activating group) is 1. The summed E-state index contributed by atoms with van der Waals surface area (Å²) in [5, 5.41) is 11.1. The molecule has 30 heavy (non-hydrogen) atoms. The second-order valence-corrected chi connectivity index (χ2v) is 7.07. The Kier molecular flexibility index (Phi) is 7.56. The first-order valence-corrected chi connectivity index (χ1v) is 10.0. The van der Waals surface area contributed by atoms with Crippen molar-refractivity contribution >= 4 is 6.47 Å². The van der Waals surface area contributed by atoms with Gasteiger partial charge in [0, 0.05) is 36.1 Å². The van der Waals surface area contributed by atoms with E-state index in [1.807, 2.05) is 12.3 Å². The van der Waals surface area contributed by atoms with Gasteiger partial charge in [-0.25, -0.2) is 14.6 Å². The molecule has 0 amide bonds. The molecule has 1 unspecified atom stereocenters. The Morgan fingerprint density at radius 2 is 2.20 bits per heavy atom. The Morgan fingerprint density at radius 3 is 2.90 bits per heavy atom. The van der Waals surface area contributed by atoms with Gasteiger partial charge < -0.3 is 19.3 Å². The first-order chi connectivity index (χ1) is 14.7. The summed E-state index contributed by atoms with van der Waals surface area (Å²) in [5.74, 6) is 1.86. The van der Waals surface area contributed by atoms with Crippen LogP contribution in [0.3, 0.4) is 0 Å². The van der Waals surface area contributed by atoms with Crippen LogP contribution in [0, 0.1) is 0 Å². The van der Waals surface area contributed by atoms with Crippen LogP contribution in [0.25, 0.3) is 11.4 Å². The Hall–Kier alpha value is -3.20. The molecule has 9 heteroatoms. The highest BCUT2D eigenvalue weighted by Gasteiger charge is 2.22. The second kappa shape index (κ2) is 10.5. The summed E-state index contributed by atoms with van der Waals surface area (Å²) in [5.41, 5.74) is 2.17. The van der Waals surface area contributed by atoms with E-state index in [-0.39, 0.29) is 6.47 Å². The number of likely N-dealkylation sites (tertiary alicyclic amines) is 1. The van der Waals surface area contributed by atoms with Crippen molar-refractivity contribution in [2.24, 2.45) is 0 Å². The molecule has 1 saturated heterocycles. The normalized spacial score (nSPS) is 16.5. The standard InChI is InChI=1S/C20H26N6O.CH2O2/c1-3-24-9-4-5-18(13-24)26-10-8-22-20(26)16-6-7-19(27-2)17(11-16)12-25-15-21-14-23-25;2-1-3/h6-8,10-11,14-15,18H,3-5,9,12-13H2,1-2H3;1H,(H,2,3). The number of methoxy groups -OCH3 is 1. The van der Waals surface area contributed by atoms with Gasteiger partial charge in [0.1, 0.15) is 24.2 Å². The minimum Gasteiger partial charge on any atom is -0.496 e. The third kappa shape index (κ3) is 5.04. The summed E-state index contributed by atoms with van der Waals surface area (Å²) < 4.78 is 9.68. The smallest absolute Gasteiger partial charge is 0.290 e. The van der Waals surface area contributed by atoms with Crippen LogP contribution in [0.4, 0.5) is 0 Å². The molecule has 1 N–H and O–H groups in total. The first kappa shape index (κ1) is 21.5. The molecule has 1 aromatic carbocycles. The molecular weight excluding hydrogens is 384 g/mol. The highest BCUT2D eigenvalue weighted by Crippen LogP contribution is 2.30. The van der Waals surface area contributed by atoms with Crippen LogP contribution in [0.2, 0.25) is 0 Å². The Labute approximate surface area is 175 Å². The van der Waals surface area contributed by atoms with E-state index in [0.717, 1.165) is 35.8 Å². The predicted octanol–water partition coefficient (Wildman–Crippen LogP) is 2.56. The number of ether oxygens (including phenoxy) is 1. The highest BCUT2D eigenvalue weighted by atomic mass is 16.5. The number of nitrogens with zero attached hydrogens (tertiary/aromatic N) is 6. The number of imidazole rings is 1. The number of benzene rings is 1. The predicted molar refractivity (Wildman–Crippen MR) is 112 cm³/mol. The second-order valence-electron chi connectivity index (χ2n) is 7.07. The van der Waals surface area contributed by atoms with Crippen LogP contribution >= 0.6 is 0 Å². The Balaban J connectivity index is 0.000000806. The van der Waals surface area contributed by atoms with Gasteiger partial charge in [-0.3, -0.25) is 4.79 Å². The third-order valence-electron chi connectivity index (χ3n) is 5.33. The largest absolute Gasteiger partial charge is 0.496 e. The van der Waals surface area contributed by atoms with Gasteiger partial charge in [0.15, 0.2) is 0 Å². The third-order valence-corrected chi connectivity index (χ3v) is 5.33. The number of aromatic nitrogens is 5. The van der Waals surface area contributed by atoms with Crippen LogP contribution in [0.15, 0.2) is 43.2 Å². The minimum atomic E-state index is -0.250. The molecule has 1 atom stereocenters. The van der Waals surface area contributed by atoms with E-state index >= 15 is 0 Å². The Morgan fingerprint density at radius 1 is 1.37 bits per heavy atom. The lowest BCUT2D eigenvalue weighted by Crippen LogP contribution is -2.36. The van der Waals surface area contributed by atoms with Crippen molar-refractivity contribution in [3.8, 4) is 17.1 Å². The molecule has 0 bridgehead atoms. The van der Waals surface area contributed by atoms with Crippen LogP contribution < -0.4 is 4.74 Å². The van der Waals surface area contributed by atoms with Gasteiger partial charge in [0.05, 0.1) is 13.7 Å². The van der Waals surface area contributed by atoms with Crippen molar-refractivity contribution in [2.75, 3.05) is 26.7 Å². The molecule has 2 aromatic heterocycles. The number of carboxylic acid groups (broad SMARTS) is 1. The van der Waals surface area contributed by atoms with Crippen molar-refractivity contribution in [3.63, 3.8) is 0 Å². The fourth-order valence-corrected chi connectivity index (χ4v) is 3.91. The molecule has 0 aliphatic carbocycles. The highest BCUT2D eigenvalue weighted by molar-refractivity contribution is 5.59. The van der Waals surface area contributed by atoms with Crippen molar-refractivity contribution in [1.29, 1.82) is 0 Å². The van der Waals surface area contributed by atoms with E-state index in [4.69, 9.17) is 14.6 Å². The summed E-state index contributed by atoms with van der Waals surface area (Å²) in [6.07, 6.45) is 9.71. The van der Waals surface area contributed by atoms with Gasteiger partial charge in [-0.15, -0.1) is 0 Å². The zero-order valence-corrected chi connectivity index (χ0v) is 17.4. The maximum absolute atomic E-state index is 8.36. The molecule has 160 valence electrons. The van der Waals surface area contributed by atoms with E-state index in [0.29, 0.717) is 12.6 Å². The minimum absolute atomic E-state index is 0.250. The zero-order chi connectivity index (χ0) is 21.3. The van der Waals surface area contributed by atoms with Crippen LogP contribution in [-0.2, 0) is 11.3 Å². The van der Waals surface area contributed by atoms with Crippen molar-refractivity contribution < 1.29 is 14.6 Å². The molecule has 1 fully saturated rings. The van der Waals surface area contributed by atoms with Crippen LogP contribution in [0.5, 0.6) is 5.75 Å². The van der Waals surface area contributed by atoms with E-state index in [2.05, 4.69) is 49.8 Å². The molecule has 3 aromatic rings. The monoisotopic (exact) mass is 412 g/mol. The van der Waals surface area contributed by atoms with Gasteiger partial charge in [-0.05, 0) is 44.1 Å². The average Bonchev–Trinajstić information content (AvgIpc) is 3.46. The lowest BCUT2D eigenvalue weighted by atomic mass is 10.0. The van der Waals surface area contributed by atoms with E-state index in [9.17, 15) is 0 Å². The topological polar surface area (TPSA) is 98.3 Å². The summed E-state index contributed by atoms with van der Waals surface area (Å²) in [6, 6.07) is 6.72. The van der Waals surface area contributed by atoms with Crippen molar-refractivity contribution in [1.82, 2.24) is 29.2 Å². The first-order valence-electron chi connectivity index (χ1n) is 10.0. The lowest BCUT2D eigenvalue weighted by molar-refractivity contribution is -0.122. The van der Waals surface area contributed by atoms with Crippen molar-refractivity contribution in [2.45, 2.75) is 32.4 Å². The molecule has 1 aliphatic rings. The fourth-order valence-electron chi connectivity index (χ4n) is 3.91. The van der Waals surface area contributed by atoms with Gasteiger partial charge in [0.25, 0.3) is 6.47 Å². The molecule has 1 aliphatic heterocycles. The SMILES string of the molecule is CCN1CCCC(n2ccnc2-c2ccc(OC)c(Cn3cncn3)c2)C1.O=CO. The number of hydrogen-bond acceptors (Lipinski definition) is 6. The van der Waals surface area contributed by atoms with E-state index in [1.54, 1.807) is 24.4 Å². The molecule has 0 radical (unpaired) electrons.